The van der Waals surface area contributed by atoms with E-state index in [1.165, 1.54) is 5.56 Å². The monoisotopic (exact) mass is 297 g/mol. The van der Waals surface area contributed by atoms with Crippen LogP contribution in [0.3, 0.4) is 0 Å². The van der Waals surface area contributed by atoms with Gasteiger partial charge in [-0.15, -0.1) is 0 Å². The molecule has 0 radical (unpaired) electrons. The fourth-order valence-electron chi connectivity index (χ4n) is 2.25. The van der Waals surface area contributed by atoms with Gasteiger partial charge in [0.1, 0.15) is 6.61 Å². The van der Waals surface area contributed by atoms with Crippen LogP contribution < -0.4 is 0 Å². The Morgan fingerprint density at radius 1 is 0.909 bits per heavy atom. The molecule has 3 heteroatoms. The van der Waals surface area contributed by atoms with Crippen molar-refractivity contribution in [1.29, 1.82) is 0 Å². The molecule has 0 amide bonds. The largest absolute Gasteiger partial charge is 0.457 e. The molecule has 2 aromatic rings. The zero-order valence-electron chi connectivity index (χ0n) is 13.3. The van der Waals surface area contributed by atoms with E-state index in [9.17, 15) is 4.79 Å². The minimum atomic E-state index is -0.284. The smallest absolute Gasteiger partial charge is 0.338 e. The van der Waals surface area contributed by atoms with Gasteiger partial charge in [0.15, 0.2) is 0 Å². The minimum absolute atomic E-state index is 0.284. The van der Waals surface area contributed by atoms with E-state index in [4.69, 9.17) is 4.74 Å². The molecule has 0 saturated carbocycles. The fraction of sp³-hybridized carbons (Fsp3) is 0.316. The molecule has 0 bridgehead atoms. The van der Waals surface area contributed by atoms with Gasteiger partial charge in [-0.2, -0.15) is 0 Å². The molecule has 3 nitrogen and oxygen atoms in total. The molecule has 0 spiro atoms. The molecule has 0 fully saturated rings. The molecule has 0 aromatic heterocycles. The van der Waals surface area contributed by atoms with Crippen LogP contribution in [0.2, 0.25) is 0 Å². The minimum Gasteiger partial charge on any atom is -0.457 e. The molecular weight excluding hydrogens is 274 g/mol. The first-order chi connectivity index (χ1) is 10.7. The lowest BCUT2D eigenvalue weighted by Crippen LogP contribution is -2.22. The van der Waals surface area contributed by atoms with Gasteiger partial charge < -0.3 is 4.74 Å². The Hall–Kier alpha value is -2.13. The van der Waals surface area contributed by atoms with Gasteiger partial charge in [-0.05, 0) is 36.3 Å². The van der Waals surface area contributed by atoms with Crippen molar-refractivity contribution in [3.05, 3.63) is 71.3 Å². The lowest BCUT2D eigenvalue weighted by molar-refractivity contribution is 0.0472. The van der Waals surface area contributed by atoms with E-state index >= 15 is 0 Å². The highest BCUT2D eigenvalue weighted by molar-refractivity contribution is 5.89. The number of esters is 1. The normalized spacial score (nSPS) is 10.7. The summed E-state index contributed by atoms with van der Waals surface area (Å²) in [6, 6.07) is 17.3. The van der Waals surface area contributed by atoms with Crippen molar-refractivity contribution >= 4 is 5.97 Å². The number of benzene rings is 2. The number of carbonyl (C=O) groups excluding carboxylic acids is 1. The lowest BCUT2D eigenvalue weighted by atomic mass is 10.1. The Kier molecular flexibility index (Phi) is 6.16. The lowest BCUT2D eigenvalue weighted by Gasteiger charge is -2.18. The van der Waals surface area contributed by atoms with Crippen LogP contribution in [0.25, 0.3) is 0 Å². The van der Waals surface area contributed by atoms with Crippen molar-refractivity contribution in [2.24, 2.45) is 0 Å². The molecule has 0 atom stereocenters. The number of hydrogen-bond acceptors (Lipinski definition) is 3. The Morgan fingerprint density at radius 2 is 1.50 bits per heavy atom. The van der Waals surface area contributed by atoms with Gasteiger partial charge in [-0.1, -0.05) is 56.3 Å². The molecule has 22 heavy (non-hydrogen) atoms. The van der Waals surface area contributed by atoms with Crippen LogP contribution in [0.5, 0.6) is 0 Å². The molecular formula is C19H23NO2. The first-order valence-corrected chi connectivity index (χ1v) is 7.75. The van der Waals surface area contributed by atoms with E-state index in [0.29, 0.717) is 12.2 Å². The average molecular weight is 297 g/mol. The van der Waals surface area contributed by atoms with Crippen LogP contribution in [-0.2, 0) is 17.9 Å². The second-order valence-corrected chi connectivity index (χ2v) is 5.22. The van der Waals surface area contributed by atoms with Crippen LogP contribution in [0, 0.1) is 0 Å². The van der Waals surface area contributed by atoms with Crippen LogP contribution in [-0.4, -0.2) is 24.0 Å². The first kappa shape index (κ1) is 16.2. The molecule has 116 valence electrons. The van der Waals surface area contributed by atoms with E-state index in [2.05, 4.69) is 30.9 Å². The van der Waals surface area contributed by atoms with Crippen molar-refractivity contribution in [3.63, 3.8) is 0 Å². The maximum Gasteiger partial charge on any atom is 0.338 e. The van der Waals surface area contributed by atoms with Crippen molar-refractivity contribution < 1.29 is 9.53 Å². The summed E-state index contributed by atoms with van der Waals surface area (Å²) < 4.78 is 5.33. The summed E-state index contributed by atoms with van der Waals surface area (Å²) in [4.78, 5) is 14.2. The maximum absolute atomic E-state index is 11.9. The third-order valence-corrected chi connectivity index (χ3v) is 3.70. The molecule has 0 aliphatic carbocycles. The van der Waals surface area contributed by atoms with Gasteiger partial charge in [0.25, 0.3) is 0 Å². The Labute approximate surface area is 132 Å². The molecule has 2 aromatic carbocycles. The SMILES string of the molecule is CCN(CC)Cc1ccc(COC(=O)c2ccccc2)cc1. The standard InChI is InChI=1S/C19H23NO2/c1-3-20(4-2)14-16-10-12-17(13-11-16)15-22-19(21)18-8-6-5-7-9-18/h5-13H,3-4,14-15H2,1-2H3. The summed E-state index contributed by atoms with van der Waals surface area (Å²) in [7, 11) is 0. The third kappa shape index (κ3) is 4.71. The first-order valence-electron chi connectivity index (χ1n) is 7.75. The van der Waals surface area contributed by atoms with Crippen LogP contribution in [0.4, 0.5) is 0 Å². The summed E-state index contributed by atoms with van der Waals surface area (Å²) in [6.45, 7) is 7.69. The summed E-state index contributed by atoms with van der Waals surface area (Å²) in [5.41, 5.74) is 2.87. The highest BCUT2D eigenvalue weighted by Crippen LogP contribution is 2.10. The molecule has 0 aliphatic heterocycles. The number of ether oxygens (including phenoxy) is 1. The molecule has 0 saturated heterocycles. The molecule has 0 unspecified atom stereocenters. The van der Waals surface area contributed by atoms with Gasteiger partial charge in [0, 0.05) is 6.54 Å². The predicted molar refractivity (Wildman–Crippen MR) is 88.6 cm³/mol. The van der Waals surface area contributed by atoms with E-state index in [0.717, 1.165) is 25.2 Å². The second-order valence-electron chi connectivity index (χ2n) is 5.22. The summed E-state index contributed by atoms with van der Waals surface area (Å²) >= 11 is 0. The topological polar surface area (TPSA) is 29.5 Å². The molecule has 0 aliphatic rings. The second kappa shape index (κ2) is 8.35. The van der Waals surface area contributed by atoms with Gasteiger partial charge in [-0.3, -0.25) is 4.90 Å². The van der Waals surface area contributed by atoms with Crippen molar-refractivity contribution in [2.45, 2.75) is 27.0 Å². The number of hydrogen-bond donors (Lipinski definition) is 0. The summed E-state index contributed by atoms with van der Waals surface area (Å²) in [5.74, 6) is -0.284. The summed E-state index contributed by atoms with van der Waals surface area (Å²) in [6.07, 6.45) is 0. The van der Waals surface area contributed by atoms with E-state index in [1.807, 2.05) is 30.3 Å². The highest BCUT2D eigenvalue weighted by atomic mass is 16.5. The van der Waals surface area contributed by atoms with Gasteiger partial charge in [0.05, 0.1) is 5.56 Å². The zero-order valence-corrected chi connectivity index (χ0v) is 13.3. The van der Waals surface area contributed by atoms with E-state index < -0.39 is 0 Å². The third-order valence-electron chi connectivity index (χ3n) is 3.70. The highest BCUT2D eigenvalue weighted by Gasteiger charge is 2.06. The Bertz CT molecular complexity index is 574. The number of carbonyl (C=O) groups is 1. The van der Waals surface area contributed by atoms with Crippen LogP contribution in [0.1, 0.15) is 35.3 Å². The maximum atomic E-state index is 11.9. The van der Waals surface area contributed by atoms with Gasteiger partial charge in [-0.25, -0.2) is 4.79 Å². The number of nitrogens with zero attached hydrogens (tertiary/aromatic N) is 1. The number of rotatable bonds is 7. The Balaban J connectivity index is 1.87. The van der Waals surface area contributed by atoms with Gasteiger partial charge >= 0.3 is 5.97 Å². The molecule has 2 rings (SSSR count). The molecule has 0 N–H and O–H groups in total. The van der Waals surface area contributed by atoms with Gasteiger partial charge in [0.2, 0.25) is 0 Å². The van der Waals surface area contributed by atoms with Crippen molar-refractivity contribution in [3.8, 4) is 0 Å². The average Bonchev–Trinajstić information content (AvgIpc) is 2.59. The van der Waals surface area contributed by atoms with Crippen molar-refractivity contribution in [2.75, 3.05) is 13.1 Å². The Morgan fingerprint density at radius 3 is 2.09 bits per heavy atom. The van der Waals surface area contributed by atoms with E-state index in [1.54, 1.807) is 12.1 Å². The zero-order chi connectivity index (χ0) is 15.8. The fourth-order valence-corrected chi connectivity index (χ4v) is 2.25. The van der Waals surface area contributed by atoms with Crippen molar-refractivity contribution in [1.82, 2.24) is 4.90 Å². The van der Waals surface area contributed by atoms with Crippen LogP contribution in [0.15, 0.2) is 54.6 Å². The predicted octanol–water partition coefficient (Wildman–Crippen LogP) is 3.89. The quantitative estimate of drug-likeness (QED) is 0.726. The van der Waals surface area contributed by atoms with E-state index in [-0.39, 0.29) is 5.97 Å². The summed E-state index contributed by atoms with van der Waals surface area (Å²) in [5, 5.41) is 0. The van der Waals surface area contributed by atoms with Crippen LogP contribution >= 0.6 is 0 Å². The molecule has 0 heterocycles.